The predicted molar refractivity (Wildman–Crippen MR) is 78.3 cm³/mol. The van der Waals surface area contributed by atoms with E-state index in [0.29, 0.717) is 30.0 Å². The number of hydrogen-bond acceptors (Lipinski definition) is 4. The van der Waals surface area contributed by atoms with E-state index in [9.17, 15) is 14.9 Å². The van der Waals surface area contributed by atoms with Gasteiger partial charge in [-0.05, 0) is 37.8 Å². The zero-order chi connectivity index (χ0) is 15.4. The molecule has 114 valence electrons. The molecule has 0 radical (unpaired) electrons. The molecule has 0 aromatic heterocycles. The van der Waals surface area contributed by atoms with Crippen LogP contribution in [0.1, 0.15) is 31.2 Å². The highest BCUT2D eigenvalue weighted by atomic mass is 35.5. The number of nitrogens with zero attached hydrogens (tertiary/aromatic N) is 1. The maximum Gasteiger partial charge on any atom is 0.306 e. The van der Waals surface area contributed by atoms with E-state index >= 15 is 0 Å². The van der Waals surface area contributed by atoms with Crippen molar-refractivity contribution in [3.05, 3.63) is 38.9 Å². The Hall–Kier alpha value is -1.66. The van der Waals surface area contributed by atoms with E-state index < -0.39 is 10.9 Å². The highest BCUT2D eigenvalue weighted by Gasteiger charge is 2.26. The fourth-order valence-electron chi connectivity index (χ4n) is 2.67. The van der Waals surface area contributed by atoms with Crippen LogP contribution in [0.15, 0.2) is 18.2 Å². The van der Waals surface area contributed by atoms with Gasteiger partial charge >= 0.3 is 5.97 Å². The number of nitro benzene ring substituents is 1. The van der Waals surface area contributed by atoms with Crippen molar-refractivity contribution in [2.24, 2.45) is 5.92 Å². The lowest BCUT2D eigenvalue weighted by molar-refractivity contribution is -0.385. The topological polar surface area (TPSA) is 92.5 Å². The van der Waals surface area contributed by atoms with Crippen molar-refractivity contribution in [1.29, 1.82) is 0 Å². The Morgan fingerprint density at radius 2 is 2.05 bits per heavy atom. The predicted octanol–water partition coefficient (Wildman–Crippen LogP) is 2.98. The van der Waals surface area contributed by atoms with Gasteiger partial charge in [0.2, 0.25) is 0 Å². The van der Waals surface area contributed by atoms with E-state index in [4.69, 9.17) is 16.7 Å². The van der Waals surface area contributed by atoms with Gasteiger partial charge in [-0.15, -0.1) is 0 Å². The first-order valence-corrected chi connectivity index (χ1v) is 7.24. The summed E-state index contributed by atoms with van der Waals surface area (Å²) in [6.07, 6.45) is 2.83. The summed E-state index contributed by atoms with van der Waals surface area (Å²) < 4.78 is 0. The number of nitro groups is 1. The minimum atomic E-state index is -0.737. The number of nitrogens with one attached hydrogen (secondary N) is 1. The number of benzene rings is 1. The molecule has 1 saturated carbocycles. The van der Waals surface area contributed by atoms with E-state index in [1.54, 1.807) is 6.07 Å². The molecule has 7 heteroatoms. The molecule has 0 spiro atoms. The van der Waals surface area contributed by atoms with Crippen molar-refractivity contribution in [2.75, 3.05) is 0 Å². The Bertz CT molecular complexity index is 542. The summed E-state index contributed by atoms with van der Waals surface area (Å²) in [6.45, 7) is 0.360. The minimum Gasteiger partial charge on any atom is -0.481 e. The fourth-order valence-corrected chi connectivity index (χ4v) is 2.87. The molecule has 0 unspecified atom stereocenters. The van der Waals surface area contributed by atoms with Crippen LogP contribution in [-0.2, 0) is 11.3 Å². The molecule has 2 N–H and O–H groups in total. The molecule has 2 rings (SSSR count). The fraction of sp³-hybridized carbons (Fsp3) is 0.500. The van der Waals surface area contributed by atoms with Crippen LogP contribution in [-0.4, -0.2) is 22.0 Å². The summed E-state index contributed by atoms with van der Waals surface area (Å²) in [5.74, 6) is -0.998. The van der Waals surface area contributed by atoms with Crippen LogP contribution in [0.3, 0.4) is 0 Å². The average Bonchev–Trinajstić information content (AvgIpc) is 2.45. The average molecular weight is 313 g/mol. The van der Waals surface area contributed by atoms with Gasteiger partial charge in [0.15, 0.2) is 0 Å². The SMILES string of the molecule is O=C(O)C1CCC(NCc2cc(Cl)ccc2[N+](=O)[O-])CC1. The summed E-state index contributed by atoms with van der Waals surface area (Å²) >= 11 is 5.88. The Kier molecular flexibility index (Phi) is 5.14. The molecule has 0 bridgehead atoms. The van der Waals surface area contributed by atoms with Gasteiger partial charge in [0.05, 0.1) is 10.8 Å². The number of halogens is 1. The molecule has 1 aromatic carbocycles. The first-order chi connectivity index (χ1) is 9.97. The van der Waals surface area contributed by atoms with Crippen molar-refractivity contribution in [3.63, 3.8) is 0 Å². The lowest BCUT2D eigenvalue weighted by Gasteiger charge is -2.26. The number of carboxylic acid groups (broad SMARTS) is 1. The summed E-state index contributed by atoms with van der Waals surface area (Å²) in [4.78, 5) is 21.4. The Morgan fingerprint density at radius 3 is 2.62 bits per heavy atom. The van der Waals surface area contributed by atoms with Gasteiger partial charge in [-0.1, -0.05) is 11.6 Å². The molecule has 21 heavy (non-hydrogen) atoms. The zero-order valence-electron chi connectivity index (χ0n) is 11.4. The second-order valence-electron chi connectivity index (χ2n) is 5.30. The molecule has 0 atom stereocenters. The molecule has 1 aliphatic rings. The number of rotatable bonds is 5. The second-order valence-corrected chi connectivity index (χ2v) is 5.73. The van der Waals surface area contributed by atoms with E-state index in [0.717, 1.165) is 12.8 Å². The number of carbonyl (C=O) groups is 1. The van der Waals surface area contributed by atoms with E-state index in [-0.39, 0.29) is 17.6 Å². The van der Waals surface area contributed by atoms with Crippen LogP contribution in [0.5, 0.6) is 0 Å². The van der Waals surface area contributed by atoms with Gasteiger partial charge in [-0.25, -0.2) is 0 Å². The van der Waals surface area contributed by atoms with Crippen LogP contribution < -0.4 is 5.32 Å². The molecular weight excluding hydrogens is 296 g/mol. The summed E-state index contributed by atoms with van der Waals surface area (Å²) in [5.41, 5.74) is 0.596. The molecular formula is C14H17ClN2O4. The molecule has 1 fully saturated rings. The maximum atomic E-state index is 11.0. The normalized spacial score (nSPS) is 22.0. The largest absolute Gasteiger partial charge is 0.481 e. The molecule has 0 heterocycles. The van der Waals surface area contributed by atoms with E-state index in [1.807, 2.05) is 0 Å². The lowest BCUT2D eigenvalue weighted by atomic mass is 9.86. The second kappa shape index (κ2) is 6.87. The lowest BCUT2D eigenvalue weighted by Crippen LogP contribution is -2.34. The Balaban J connectivity index is 1.93. The molecule has 6 nitrogen and oxygen atoms in total. The van der Waals surface area contributed by atoms with Gasteiger partial charge in [-0.3, -0.25) is 14.9 Å². The summed E-state index contributed by atoms with van der Waals surface area (Å²) in [5, 5.41) is 23.7. The molecule has 0 amide bonds. The Morgan fingerprint density at radius 1 is 1.38 bits per heavy atom. The first kappa shape index (κ1) is 15.7. The molecule has 0 saturated heterocycles. The van der Waals surface area contributed by atoms with Crippen LogP contribution in [0.2, 0.25) is 5.02 Å². The highest BCUT2D eigenvalue weighted by Crippen LogP contribution is 2.26. The standard InChI is InChI=1S/C14H17ClN2O4/c15-11-3-6-13(17(20)21)10(7-11)8-16-12-4-1-9(2-5-12)14(18)19/h3,6-7,9,12,16H,1-2,4-5,8H2,(H,18,19). The van der Waals surface area contributed by atoms with Crippen LogP contribution in [0.4, 0.5) is 5.69 Å². The van der Waals surface area contributed by atoms with Gasteiger partial charge < -0.3 is 10.4 Å². The number of carboxylic acids is 1. The maximum absolute atomic E-state index is 11.0. The first-order valence-electron chi connectivity index (χ1n) is 6.86. The van der Waals surface area contributed by atoms with E-state index in [2.05, 4.69) is 5.32 Å². The zero-order valence-corrected chi connectivity index (χ0v) is 12.2. The third-order valence-corrected chi connectivity index (χ3v) is 4.13. The minimum absolute atomic E-state index is 0.0473. The third kappa shape index (κ3) is 4.15. The van der Waals surface area contributed by atoms with Gasteiger partial charge in [-0.2, -0.15) is 0 Å². The van der Waals surface area contributed by atoms with Crippen molar-refractivity contribution < 1.29 is 14.8 Å². The molecule has 0 aliphatic heterocycles. The summed E-state index contributed by atoms with van der Waals surface area (Å²) in [6, 6.07) is 4.69. The van der Waals surface area contributed by atoms with Gasteiger partial charge in [0, 0.05) is 29.2 Å². The van der Waals surface area contributed by atoms with Crippen molar-refractivity contribution in [1.82, 2.24) is 5.32 Å². The van der Waals surface area contributed by atoms with Crippen molar-refractivity contribution in [2.45, 2.75) is 38.3 Å². The molecule has 1 aromatic rings. The monoisotopic (exact) mass is 312 g/mol. The Labute approximate surface area is 127 Å². The van der Waals surface area contributed by atoms with Crippen LogP contribution >= 0.6 is 11.6 Å². The number of hydrogen-bond donors (Lipinski definition) is 2. The quantitative estimate of drug-likeness (QED) is 0.644. The van der Waals surface area contributed by atoms with Crippen molar-refractivity contribution >= 4 is 23.3 Å². The molecule has 1 aliphatic carbocycles. The van der Waals surface area contributed by atoms with Crippen LogP contribution in [0, 0.1) is 16.0 Å². The van der Waals surface area contributed by atoms with E-state index in [1.165, 1.54) is 12.1 Å². The number of aliphatic carboxylic acids is 1. The van der Waals surface area contributed by atoms with Gasteiger partial charge in [0.25, 0.3) is 5.69 Å². The highest BCUT2D eigenvalue weighted by molar-refractivity contribution is 6.30. The van der Waals surface area contributed by atoms with Crippen molar-refractivity contribution in [3.8, 4) is 0 Å². The summed E-state index contributed by atoms with van der Waals surface area (Å²) in [7, 11) is 0. The van der Waals surface area contributed by atoms with Crippen LogP contribution in [0.25, 0.3) is 0 Å². The smallest absolute Gasteiger partial charge is 0.306 e. The van der Waals surface area contributed by atoms with Gasteiger partial charge in [0.1, 0.15) is 0 Å². The third-order valence-electron chi connectivity index (χ3n) is 3.90.